The van der Waals surface area contributed by atoms with Crippen molar-refractivity contribution in [2.75, 3.05) is 27.2 Å². The van der Waals surface area contributed by atoms with E-state index in [4.69, 9.17) is 11.6 Å². The van der Waals surface area contributed by atoms with Gasteiger partial charge in [-0.2, -0.15) is 13.2 Å². The molecule has 0 saturated carbocycles. The Labute approximate surface area is 172 Å². The summed E-state index contributed by atoms with van der Waals surface area (Å²) in [6.45, 7) is 1.26. The van der Waals surface area contributed by atoms with Gasteiger partial charge in [-0.15, -0.1) is 0 Å². The van der Waals surface area contributed by atoms with Crippen molar-refractivity contribution in [3.05, 3.63) is 58.4 Å². The summed E-state index contributed by atoms with van der Waals surface area (Å²) in [5, 5.41) is 6.44. The van der Waals surface area contributed by atoms with Crippen molar-refractivity contribution < 1.29 is 18.0 Å². The normalized spacial score (nSPS) is 12.0. The zero-order chi connectivity index (χ0) is 21.6. The number of guanidine groups is 1. The van der Waals surface area contributed by atoms with Crippen molar-refractivity contribution in [3.63, 3.8) is 0 Å². The van der Waals surface area contributed by atoms with Gasteiger partial charge in [-0.05, 0) is 30.3 Å². The average Bonchev–Trinajstić information content (AvgIpc) is 2.97. The standard InChI is InChI=1S/C19H23ClF3N5O/c1-24-18(28(3)12-16-10-15(20)11-27(16)2)26-9-8-25-17(29)13-4-6-14(7-5-13)19(21,22)23/h4-7,10-11H,8-9,12H2,1-3H3,(H,24,26)(H,25,29). The third kappa shape index (κ3) is 6.42. The van der Waals surface area contributed by atoms with Gasteiger partial charge in [-0.25, -0.2) is 0 Å². The van der Waals surface area contributed by atoms with Crippen LogP contribution in [0, 0.1) is 0 Å². The van der Waals surface area contributed by atoms with Crippen molar-refractivity contribution in [1.29, 1.82) is 0 Å². The van der Waals surface area contributed by atoms with E-state index in [0.29, 0.717) is 24.1 Å². The fourth-order valence-corrected chi connectivity index (χ4v) is 2.96. The lowest BCUT2D eigenvalue weighted by atomic mass is 10.1. The van der Waals surface area contributed by atoms with Crippen LogP contribution in [-0.4, -0.2) is 48.5 Å². The van der Waals surface area contributed by atoms with Crippen molar-refractivity contribution in [2.24, 2.45) is 12.0 Å². The Balaban J connectivity index is 1.80. The third-order valence-corrected chi connectivity index (χ3v) is 4.42. The van der Waals surface area contributed by atoms with Crippen molar-refractivity contribution >= 4 is 23.5 Å². The lowest BCUT2D eigenvalue weighted by molar-refractivity contribution is -0.137. The minimum absolute atomic E-state index is 0.167. The Morgan fingerprint density at radius 1 is 1.21 bits per heavy atom. The molecule has 2 aromatic rings. The van der Waals surface area contributed by atoms with Gasteiger partial charge in [-0.1, -0.05) is 11.6 Å². The molecule has 0 bridgehead atoms. The van der Waals surface area contributed by atoms with Gasteiger partial charge < -0.3 is 20.1 Å². The van der Waals surface area contributed by atoms with Crippen LogP contribution in [0.1, 0.15) is 21.6 Å². The lowest BCUT2D eigenvalue weighted by Crippen LogP contribution is -2.42. The number of amides is 1. The monoisotopic (exact) mass is 429 g/mol. The quantitative estimate of drug-likeness (QED) is 0.421. The number of aliphatic imine (C=N–C) groups is 1. The van der Waals surface area contributed by atoms with Crippen LogP contribution in [0.4, 0.5) is 13.2 Å². The molecule has 0 aliphatic heterocycles. The first-order chi connectivity index (χ1) is 13.6. The number of hydrogen-bond acceptors (Lipinski definition) is 2. The number of aromatic nitrogens is 1. The zero-order valence-electron chi connectivity index (χ0n) is 16.3. The Kier molecular flexibility index (Phi) is 7.55. The second-order valence-corrected chi connectivity index (χ2v) is 6.86. The van der Waals surface area contributed by atoms with Crippen LogP contribution in [0.5, 0.6) is 0 Å². The summed E-state index contributed by atoms with van der Waals surface area (Å²) in [7, 11) is 5.43. The minimum atomic E-state index is -4.43. The van der Waals surface area contributed by atoms with Crippen LogP contribution < -0.4 is 10.6 Å². The second kappa shape index (κ2) is 9.69. The van der Waals surface area contributed by atoms with Gasteiger partial charge in [0.15, 0.2) is 5.96 Å². The first-order valence-electron chi connectivity index (χ1n) is 8.79. The van der Waals surface area contributed by atoms with E-state index in [-0.39, 0.29) is 12.1 Å². The number of alkyl halides is 3. The second-order valence-electron chi connectivity index (χ2n) is 6.42. The van der Waals surface area contributed by atoms with Gasteiger partial charge >= 0.3 is 6.18 Å². The molecule has 0 aliphatic carbocycles. The topological polar surface area (TPSA) is 61.7 Å². The Hall–Kier alpha value is -2.68. The van der Waals surface area contributed by atoms with Crippen LogP contribution >= 0.6 is 11.6 Å². The maximum atomic E-state index is 12.6. The van der Waals surface area contributed by atoms with Crippen LogP contribution in [0.25, 0.3) is 0 Å². The summed E-state index contributed by atoms with van der Waals surface area (Å²) in [6.07, 6.45) is -2.61. The molecular weight excluding hydrogens is 407 g/mol. The van der Waals surface area contributed by atoms with Gasteiger partial charge in [0.2, 0.25) is 0 Å². The number of aryl methyl sites for hydroxylation is 1. The maximum Gasteiger partial charge on any atom is 0.416 e. The molecular formula is C19H23ClF3N5O. The molecule has 0 unspecified atom stereocenters. The number of rotatable bonds is 6. The molecule has 10 heteroatoms. The number of carbonyl (C=O) groups excluding carboxylic acids is 1. The van der Waals surface area contributed by atoms with Crippen molar-refractivity contribution in [2.45, 2.75) is 12.7 Å². The Bertz CT molecular complexity index is 862. The molecule has 1 aromatic carbocycles. The molecule has 0 fully saturated rings. The smallest absolute Gasteiger partial charge is 0.354 e. The highest BCUT2D eigenvalue weighted by Crippen LogP contribution is 2.29. The van der Waals surface area contributed by atoms with Crippen molar-refractivity contribution in [3.8, 4) is 0 Å². The first-order valence-corrected chi connectivity index (χ1v) is 9.17. The van der Waals surface area contributed by atoms with E-state index < -0.39 is 17.6 Å². The van der Waals surface area contributed by atoms with Crippen LogP contribution in [0.15, 0.2) is 41.5 Å². The molecule has 0 spiro atoms. The molecule has 1 heterocycles. The Morgan fingerprint density at radius 2 is 1.83 bits per heavy atom. The molecule has 2 rings (SSSR count). The summed E-state index contributed by atoms with van der Waals surface area (Å²) in [4.78, 5) is 18.2. The number of nitrogens with zero attached hydrogens (tertiary/aromatic N) is 3. The number of carbonyl (C=O) groups is 1. The first kappa shape index (κ1) is 22.6. The SMILES string of the molecule is CN=C(NCCNC(=O)c1ccc(C(F)(F)F)cc1)N(C)Cc1cc(Cl)cn1C. The molecule has 1 amide bonds. The predicted molar refractivity (Wildman–Crippen MR) is 107 cm³/mol. The number of halogens is 4. The lowest BCUT2D eigenvalue weighted by Gasteiger charge is -2.22. The fraction of sp³-hybridized carbons (Fsp3) is 0.368. The summed E-state index contributed by atoms with van der Waals surface area (Å²) in [6, 6.07) is 5.96. The van der Waals surface area contributed by atoms with E-state index in [0.717, 1.165) is 30.0 Å². The molecule has 0 aliphatic rings. The average molecular weight is 430 g/mol. The van der Waals surface area contributed by atoms with Crippen LogP contribution in [0.2, 0.25) is 5.02 Å². The zero-order valence-corrected chi connectivity index (χ0v) is 17.1. The summed E-state index contributed by atoms with van der Waals surface area (Å²) < 4.78 is 39.6. The molecule has 158 valence electrons. The van der Waals surface area contributed by atoms with E-state index in [1.54, 1.807) is 7.05 Å². The van der Waals surface area contributed by atoms with E-state index in [9.17, 15) is 18.0 Å². The molecule has 6 nitrogen and oxygen atoms in total. The van der Waals surface area contributed by atoms with E-state index in [1.165, 1.54) is 0 Å². The van der Waals surface area contributed by atoms with E-state index in [2.05, 4.69) is 15.6 Å². The van der Waals surface area contributed by atoms with Crippen LogP contribution in [0.3, 0.4) is 0 Å². The van der Waals surface area contributed by atoms with Gasteiger partial charge in [-0.3, -0.25) is 9.79 Å². The summed E-state index contributed by atoms with van der Waals surface area (Å²) in [5.74, 6) is 0.188. The maximum absolute atomic E-state index is 12.6. The summed E-state index contributed by atoms with van der Waals surface area (Å²) in [5.41, 5.74) is 0.387. The highest BCUT2D eigenvalue weighted by Gasteiger charge is 2.30. The Morgan fingerprint density at radius 3 is 2.34 bits per heavy atom. The van der Waals surface area contributed by atoms with Gasteiger partial charge in [0.25, 0.3) is 5.91 Å². The molecule has 2 N–H and O–H groups in total. The highest BCUT2D eigenvalue weighted by molar-refractivity contribution is 6.30. The molecule has 0 saturated heterocycles. The van der Waals surface area contributed by atoms with Gasteiger partial charge in [0, 0.05) is 51.7 Å². The van der Waals surface area contributed by atoms with Gasteiger partial charge in [0.1, 0.15) is 0 Å². The predicted octanol–water partition coefficient (Wildman–Crippen LogP) is 3.13. The fourth-order valence-electron chi connectivity index (χ4n) is 2.69. The van der Waals surface area contributed by atoms with Crippen molar-refractivity contribution in [1.82, 2.24) is 20.1 Å². The number of benzene rings is 1. The third-order valence-electron chi connectivity index (χ3n) is 4.22. The molecule has 29 heavy (non-hydrogen) atoms. The van der Waals surface area contributed by atoms with Crippen LogP contribution in [-0.2, 0) is 19.8 Å². The molecule has 0 radical (unpaired) electrons. The largest absolute Gasteiger partial charge is 0.416 e. The van der Waals surface area contributed by atoms with E-state index >= 15 is 0 Å². The molecule has 0 atom stereocenters. The highest BCUT2D eigenvalue weighted by atomic mass is 35.5. The minimum Gasteiger partial charge on any atom is -0.354 e. The van der Waals surface area contributed by atoms with E-state index in [1.807, 2.05) is 35.8 Å². The number of nitrogens with one attached hydrogen (secondary N) is 2. The summed E-state index contributed by atoms with van der Waals surface area (Å²) >= 11 is 5.99. The van der Waals surface area contributed by atoms with Gasteiger partial charge in [0.05, 0.1) is 17.1 Å². The number of hydrogen-bond donors (Lipinski definition) is 2. The molecule has 1 aromatic heterocycles.